The fraction of sp³-hybridized carbons (Fsp3) is 0.375. The zero-order valence-electron chi connectivity index (χ0n) is 17.8. The number of carboxylic acid groups (broad SMARTS) is 2. The predicted molar refractivity (Wildman–Crippen MR) is 122 cm³/mol. The second-order valence-electron chi connectivity index (χ2n) is 7.67. The maximum absolute atomic E-state index is 13.2. The fourth-order valence-corrected chi connectivity index (χ4v) is 4.47. The van der Waals surface area contributed by atoms with Crippen molar-refractivity contribution in [3.63, 3.8) is 0 Å². The van der Waals surface area contributed by atoms with Gasteiger partial charge in [-0.05, 0) is 42.0 Å². The van der Waals surface area contributed by atoms with Gasteiger partial charge in [-0.3, -0.25) is 14.4 Å². The van der Waals surface area contributed by atoms with Gasteiger partial charge in [0, 0.05) is 18.8 Å². The van der Waals surface area contributed by atoms with Crippen molar-refractivity contribution in [1.29, 1.82) is 0 Å². The molecule has 0 heterocycles. The zero-order chi connectivity index (χ0) is 23.1. The molecule has 32 heavy (non-hydrogen) atoms. The van der Waals surface area contributed by atoms with E-state index in [1.807, 2.05) is 61.5 Å². The molecule has 0 bridgehead atoms. The van der Waals surface area contributed by atoms with Gasteiger partial charge in [0.15, 0.2) is 0 Å². The standard InChI is InChI=1S/C24H27NO6S/c1-2-32-13-12-25(22(26)19-14-20(23(27)28)21(19)24(29)30)15-16-8-10-18(11-9-16)31-17-6-4-3-5-7-17/h3-11,19-21H,2,12-15H2,1H3,(H,27,28)(H,29,30). The first-order chi connectivity index (χ1) is 15.4. The number of nitrogens with zero attached hydrogens (tertiary/aromatic N) is 1. The Kier molecular flexibility index (Phi) is 8.16. The lowest BCUT2D eigenvalue weighted by Gasteiger charge is -2.41. The van der Waals surface area contributed by atoms with Crippen LogP contribution in [0.5, 0.6) is 11.5 Å². The van der Waals surface area contributed by atoms with Crippen LogP contribution >= 0.6 is 11.8 Å². The summed E-state index contributed by atoms with van der Waals surface area (Å²) in [6, 6.07) is 16.8. The van der Waals surface area contributed by atoms with Gasteiger partial charge < -0.3 is 19.8 Å². The summed E-state index contributed by atoms with van der Waals surface area (Å²) in [7, 11) is 0. The minimum Gasteiger partial charge on any atom is -0.481 e. The quantitative estimate of drug-likeness (QED) is 0.492. The van der Waals surface area contributed by atoms with E-state index in [4.69, 9.17) is 4.74 Å². The molecule has 1 saturated carbocycles. The first-order valence-corrected chi connectivity index (χ1v) is 11.7. The Balaban J connectivity index is 1.69. The van der Waals surface area contributed by atoms with Gasteiger partial charge in [0.2, 0.25) is 5.91 Å². The summed E-state index contributed by atoms with van der Waals surface area (Å²) in [4.78, 5) is 37.7. The molecular formula is C24H27NO6S. The van der Waals surface area contributed by atoms with E-state index in [0.29, 0.717) is 18.8 Å². The summed E-state index contributed by atoms with van der Waals surface area (Å²) in [6.45, 7) is 2.83. The van der Waals surface area contributed by atoms with Crippen LogP contribution in [0.1, 0.15) is 18.9 Å². The number of rotatable bonds is 11. The first kappa shape index (κ1) is 23.7. The van der Waals surface area contributed by atoms with Crippen molar-refractivity contribution in [1.82, 2.24) is 4.90 Å². The van der Waals surface area contributed by atoms with E-state index < -0.39 is 29.7 Å². The first-order valence-electron chi connectivity index (χ1n) is 10.5. The van der Waals surface area contributed by atoms with Crippen LogP contribution in [-0.2, 0) is 20.9 Å². The average Bonchev–Trinajstić information content (AvgIpc) is 2.73. The lowest BCUT2D eigenvalue weighted by Crippen LogP contribution is -2.53. The Morgan fingerprint density at radius 2 is 1.62 bits per heavy atom. The maximum Gasteiger partial charge on any atom is 0.308 e. The van der Waals surface area contributed by atoms with Crippen molar-refractivity contribution < 1.29 is 29.3 Å². The highest BCUT2D eigenvalue weighted by Crippen LogP contribution is 2.42. The molecule has 0 aliphatic heterocycles. The Labute approximate surface area is 191 Å². The summed E-state index contributed by atoms with van der Waals surface area (Å²) < 4.78 is 5.80. The summed E-state index contributed by atoms with van der Waals surface area (Å²) in [5.41, 5.74) is 0.890. The normalized spacial score (nSPS) is 19.6. The third-order valence-corrected chi connectivity index (χ3v) is 6.47. The molecule has 3 unspecified atom stereocenters. The van der Waals surface area contributed by atoms with E-state index in [1.165, 1.54) is 0 Å². The van der Waals surface area contributed by atoms with E-state index in [9.17, 15) is 24.6 Å². The fourth-order valence-electron chi connectivity index (χ4n) is 3.83. The predicted octanol–water partition coefficient (Wildman–Crippen LogP) is 3.98. The topological polar surface area (TPSA) is 104 Å². The average molecular weight is 458 g/mol. The van der Waals surface area contributed by atoms with Gasteiger partial charge >= 0.3 is 11.9 Å². The van der Waals surface area contributed by atoms with Crippen LogP contribution in [0.3, 0.4) is 0 Å². The van der Waals surface area contributed by atoms with Crippen LogP contribution in [0.4, 0.5) is 0 Å². The van der Waals surface area contributed by atoms with Crippen molar-refractivity contribution in [3.05, 3.63) is 60.2 Å². The molecule has 2 aromatic carbocycles. The lowest BCUT2D eigenvalue weighted by atomic mass is 9.64. The molecule has 1 amide bonds. The molecule has 2 aromatic rings. The number of hydrogen-bond donors (Lipinski definition) is 2. The van der Waals surface area contributed by atoms with Gasteiger partial charge in [0.05, 0.1) is 17.8 Å². The lowest BCUT2D eigenvalue weighted by molar-refractivity contribution is -0.171. The summed E-state index contributed by atoms with van der Waals surface area (Å²) in [5, 5.41) is 18.7. The molecule has 8 heteroatoms. The summed E-state index contributed by atoms with van der Waals surface area (Å²) >= 11 is 1.69. The molecular weight excluding hydrogens is 430 g/mol. The van der Waals surface area contributed by atoms with Gasteiger partial charge in [-0.25, -0.2) is 0 Å². The zero-order valence-corrected chi connectivity index (χ0v) is 18.7. The van der Waals surface area contributed by atoms with Gasteiger partial charge in [0.1, 0.15) is 11.5 Å². The van der Waals surface area contributed by atoms with E-state index in [0.717, 1.165) is 22.8 Å². The van der Waals surface area contributed by atoms with Gasteiger partial charge in [0.25, 0.3) is 0 Å². The highest BCUT2D eigenvalue weighted by atomic mass is 32.2. The molecule has 1 fully saturated rings. The molecule has 0 aromatic heterocycles. The van der Waals surface area contributed by atoms with E-state index in [2.05, 4.69) is 0 Å². The van der Waals surface area contributed by atoms with Gasteiger partial charge in [-0.15, -0.1) is 0 Å². The Hall–Kier alpha value is -3.00. The van der Waals surface area contributed by atoms with E-state index >= 15 is 0 Å². The van der Waals surface area contributed by atoms with Crippen LogP contribution in [0.15, 0.2) is 54.6 Å². The van der Waals surface area contributed by atoms with E-state index in [-0.39, 0.29) is 12.3 Å². The van der Waals surface area contributed by atoms with Crippen molar-refractivity contribution in [2.45, 2.75) is 19.9 Å². The Morgan fingerprint density at radius 1 is 0.969 bits per heavy atom. The Bertz CT molecular complexity index is 933. The number of aliphatic carboxylic acids is 2. The van der Waals surface area contributed by atoms with Crippen molar-refractivity contribution >= 4 is 29.6 Å². The molecule has 170 valence electrons. The monoisotopic (exact) mass is 457 g/mol. The Morgan fingerprint density at radius 3 is 2.22 bits per heavy atom. The molecule has 0 spiro atoms. The minimum atomic E-state index is -1.23. The molecule has 1 aliphatic carbocycles. The molecule has 3 rings (SSSR count). The molecule has 0 saturated heterocycles. The smallest absolute Gasteiger partial charge is 0.308 e. The highest BCUT2D eigenvalue weighted by Gasteiger charge is 2.54. The largest absolute Gasteiger partial charge is 0.481 e. The summed E-state index contributed by atoms with van der Waals surface area (Å²) in [5.74, 6) is -2.64. The highest BCUT2D eigenvalue weighted by molar-refractivity contribution is 7.99. The SMILES string of the molecule is CCSCCN(Cc1ccc(Oc2ccccc2)cc1)C(=O)C1CC(C(=O)O)C1C(=O)O. The maximum atomic E-state index is 13.2. The van der Waals surface area contributed by atoms with Crippen LogP contribution in [0.25, 0.3) is 0 Å². The molecule has 1 aliphatic rings. The number of amides is 1. The third kappa shape index (κ3) is 5.82. The number of benzene rings is 2. The van der Waals surface area contributed by atoms with Crippen LogP contribution in [0.2, 0.25) is 0 Å². The number of carbonyl (C=O) groups is 3. The second kappa shape index (κ2) is 11.0. The molecule has 3 atom stereocenters. The molecule has 0 radical (unpaired) electrons. The van der Waals surface area contributed by atoms with Crippen LogP contribution < -0.4 is 4.74 Å². The number of para-hydroxylation sites is 1. The number of hydrogen-bond acceptors (Lipinski definition) is 5. The van der Waals surface area contributed by atoms with Gasteiger partial charge in [-0.1, -0.05) is 37.3 Å². The second-order valence-corrected chi connectivity index (χ2v) is 9.06. The third-order valence-electron chi connectivity index (χ3n) is 5.59. The molecule has 7 nitrogen and oxygen atoms in total. The molecule has 2 N–H and O–H groups in total. The van der Waals surface area contributed by atoms with E-state index in [1.54, 1.807) is 16.7 Å². The van der Waals surface area contributed by atoms with Crippen molar-refractivity contribution in [3.8, 4) is 11.5 Å². The summed E-state index contributed by atoms with van der Waals surface area (Å²) in [6.07, 6.45) is 0.0619. The number of carbonyl (C=O) groups excluding carboxylic acids is 1. The minimum absolute atomic E-state index is 0.0619. The van der Waals surface area contributed by atoms with Gasteiger partial charge in [-0.2, -0.15) is 11.8 Å². The van der Waals surface area contributed by atoms with Crippen molar-refractivity contribution in [2.24, 2.45) is 17.8 Å². The van der Waals surface area contributed by atoms with Crippen LogP contribution in [0, 0.1) is 17.8 Å². The number of carboxylic acids is 2. The van der Waals surface area contributed by atoms with Crippen molar-refractivity contribution in [2.75, 3.05) is 18.1 Å². The number of thioether (sulfide) groups is 1. The van der Waals surface area contributed by atoms with Crippen LogP contribution in [-0.4, -0.2) is 51.0 Å². The number of ether oxygens (including phenoxy) is 1.